The lowest BCUT2D eigenvalue weighted by Gasteiger charge is -2.07. The average Bonchev–Trinajstić information content (AvgIpc) is 3.07. The minimum Gasteiger partial charge on any atom is -0.457 e. The summed E-state index contributed by atoms with van der Waals surface area (Å²) >= 11 is 1.47. The van der Waals surface area contributed by atoms with Gasteiger partial charge in [0.2, 0.25) is 5.09 Å². The summed E-state index contributed by atoms with van der Waals surface area (Å²) in [7, 11) is -0.777. The number of hydrogen-bond acceptors (Lipinski definition) is 6. The Morgan fingerprint density at radius 3 is 2.71 bits per heavy atom. The number of furan rings is 1. The lowest BCUT2D eigenvalue weighted by atomic mass is 10.3. The number of rotatable bonds is 6. The lowest BCUT2D eigenvalue weighted by molar-refractivity contribution is -0.144. The predicted octanol–water partition coefficient (Wildman–Crippen LogP) is 1.88. The van der Waals surface area contributed by atoms with E-state index in [0.29, 0.717) is 0 Å². The SMILES string of the molecule is CN(C)S(=O)(=O)c1ccc(COC(=O)Cc2cccs2)o1. The van der Waals surface area contributed by atoms with Crippen LogP contribution in [-0.4, -0.2) is 32.8 Å². The van der Waals surface area contributed by atoms with Crippen LogP contribution in [0.1, 0.15) is 10.6 Å². The zero-order valence-electron chi connectivity index (χ0n) is 11.6. The molecule has 0 aliphatic heterocycles. The van der Waals surface area contributed by atoms with Crippen LogP contribution >= 0.6 is 11.3 Å². The standard InChI is InChI=1S/C13H15NO5S2/c1-14(2)21(16,17)13-6-5-10(19-13)9-18-12(15)8-11-4-3-7-20-11/h3-7H,8-9H2,1-2H3. The molecule has 2 heterocycles. The van der Waals surface area contributed by atoms with E-state index in [1.165, 1.54) is 37.6 Å². The van der Waals surface area contributed by atoms with Gasteiger partial charge in [0.25, 0.3) is 10.0 Å². The highest BCUT2D eigenvalue weighted by atomic mass is 32.2. The maximum absolute atomic E-state index is 11.8. The van der Waals surface area contributed by atoms with Gasteiger partial charge in [-0.25, -0.2) is 12.7 Å². The summed E-state index contributed by atoms with van der Waals surface area (Å²) in [5.74, 6) is -0.0965. The monoisotopic (exact) mass is 329 g/mol. The molecule has 0 unspecified atom stereocenters. The van der Waals surface area contributed by atoms with Crippen molar-refractivity contribution in [2.75, 3.05) is 14.1 Å². The third-order valence-electron chi connectivity index (χ3n) is 2.65. The van der Waals surface area contributed by atoms with Crippen LogP contribution in [0.2, 0.25) is 0 Å². The molecule has 0 fully saturated rings. The Morgan fingerprint density at radius 2 is 2.10 bits per heavy atom. The summed E-state index contributed by atoms with van der Waals surface area (Å²) < 4.78 is 34.9. The quantitative estimate of drug-likeness (QED) is 0.756. The molecule has 0 radical (unpaired) electrons. The molecular weight excluding hydrogens is 314 g/mol. The number of ether oxygens (including phenoxy) is 1. The van der Waals surface area contributed by atoms with Crippen LogP contribution < -0.4 is 0 Å². The van der Waals surface area contributed by atoms with E-state index in [2.05, 4.69) is 0 Å². The first kappa shape index (κ1) is 15.7. The second kappa shape index (κ2) is 6.42. The summed E-state index contributed by atoms with van der Waals surface area (Å²) in [6.07, 6.45) is 0.196. The molecule has 2 rings (SSSR count). The molecule has 0 N–H and O–H groups in total. The summed E-state index contributed by atoms with van der Waals surface area (Å²) in [5, 5.41) is 1.71. The normalized spacial score (nSPS) is 11.8. The summed E-state index contributed by atoms with van der Waals surface area (Å²) in [5.41, 5.74) is 0. The number of carbonyl (C=O) groups is 1. The Bertz CT molecular complexity index is 701. The lowest BCUT2D eigenvalue weighted by Crippen LogP contribution is -2.21. The summed E-state index contributed by atoms with van der Waals surface area (Å²) in [6, 6.07) is 6.53. The van der Waals surface area contributed by atoms with Crippen LogP contribution in [0.5, 0.6) is 0 Å². The second-order valence-corrected chi connectivity index (χ2v) is 7.54. The van der Waals surface area contributed by atoms with Crippen LogP contribution in [-0.2, 0) is 32.6 Å². The molecule has 6 nitrogen and oxygen atoms in total. The van der Waals surface area contributed by atoms with E-state index in [4.69, 9.17) is 9.15 Å². The first-order valence-corrected chi connectivity index (χ1v) is 8.41. The van der Waals surface area contributed by atoms with Gasteiger partial charge in [-0.05, 0) is 23.6 Å². The first-order chi connectivity index (χ1) is 9.89. The molecule has 114 valence electrons. The highest BCUT2D eigenvalue weighted by Gasteiger charge is 2.21. The fourth-order valence-corrected chi connectivity index (χ4v) is 3.01. The van der Waals surface area contributed by atoms with Crippen molar-refractivity contribution in [2.45, 2.75) is 18.1 Å². The molecular formula is C13H15NO5S2. The molecule has 2 aromatic rings. The van der Waals surface area contributed by atoms with Gasteiger partial charge >= 0.3 is 5.97 Å². The van der Waals surface area contributed by atoms with Gasteiger partial charge in [-0.15, -0.1) is 11.3 Å². The Labute approximate surface area is 127 Å². The Kier molecular flexibility index (Phi) is 4.81. The molecule has 8 heteroatoms. The molecule has 0 aromatic carbocycles. The molecule has 2 aromatic heterocycles. The summed E-state index contributed by atoms with van der Waals surface area (Å²) in [4.78, 5) is 12.5. The minimum absolute atomic E-state index is 0.0901. The topological polar surface area (TPSA) is 76.8 Å². The fourth-order valence-electron chi connectivity index (χ4n) is 1.51. The Morgan fingerprint density at radius 1 is 1.33 bits per heavy atom. The van der Waals surface area contributed by atoms with Gasteiger partial charge in [0.15, 0.2) is 0 Å². The van der Waals surface area contributed by atoms with Gasteiger partial charge in [0, 0.05) is 19.0 Å². The Hall–Kier alpha value is -1.64. The smallest absolute Gasteiger partial charge is 0.311 e. The number of nitrogens with zero attached hydrogens (tertiary/aromatic N) is 1. The number of sulfonamides is 1. The molecule has 0 spiro atoms. The van der Waals surface area contributed by atoms with Crippen LogP contribution in [0.4, 0.5) is 0 Å². The summed E-state index contributed by atoms with van der Waals surface area (Å²) in [6.45, 7) is -0.0901. The van der Waals surface area contributed by atoms with Gasteiger partial charge < -0.3 is 9.15 Å². The third-order valence-corrected chi connectivity index (χ3v) is 5.21. The van der Waals surface area contributed by atoms with Crippen LogP contribution in [0.3, 0.4) is 0 Å². The number of hydrogen-bond donors (Lipinski definition) is 0. The molecule has 0 aliphatic carbocycles. The molecule has 0 amide bonds. The number of carbonyl (C=O) groups excluding carboxylic acids is 1. The van der Waals surface area contributed by atoms with E-state index >= 15 is 0 Å². The van der Waals surface area contributed by atoms with Gasteiger partial charge in [-0.1, -0.05) is 6.07 Å². The third kappa shape index (κ3) is 3.93. The van der Waals surface area contributed by atoms with Crippen molar-refractivity contribution >= 4 is 27.3 Å². The number of esters is 1. The van der Waals surface area contributed by atoms with Crippen molar-refractivity contribution < 1.29 is 22.4 Å². The van der Waals surface area contributed by atoms with Crippen LogP contribution in [0.25, 0.3) is 0 Å². The zero-order valence-corrected chi connectivity index (χ0v) is 13.2. The zero-order chi connectivity index (χ0) is 15.5. The highest BCUT2D eigenvalue weighted by Crippen LogP contribution is 2.18. The average molecular weight is 329 g/mol. The van der Waals surface area contributed by atoms with E-state index in [0.717, 1.165) is 9.18 Å². The molecule has 0 bridgehead atoms. The van der Waals surface area contributed by atoms with E-state index in [9.17, 15) is 13.2 Å². The largest absolute Gasteiger partial charge is 0.457 e. The van der Waals surface area contributed by atoms with Crippen molar-refractivity contribution in [3.63, 3.8) is 0 Å². The van der Waals surface area contributed by atoms with E-state index in [1.54, 1.807) is 0 Å². The highest BCUT2D eigenvalue weighted by molar-refractivity contribution is 7.88. The van der Waals surface area contributed by atoms with E-state index in [-0.39, 0.29) is 29.8 Å². The van der Waals surface area contributed by atoms with Crippen molar-refractivity contribution in [3.8, 4) is 0 Å². The van der Waals surface area contributed by atoms with Gasteiger partial charge in [-0.2, -0.15) is 0 Å². The predicted molar refractivity (Wildman–Crippen MR) is 77.4 cm³/mol. The van der Waals surface area contributed by atoms with Crippen molar-refractivity contribution in [1.29, 1.82) is 0 Å². The van der Waals surface area contributed by atoms with Crippen LogP contribution in [0, 0.1) is 0 Å². The fraction of sp³-hybridized carbons (Fsp3) is 0.308. The molecule has 21 heavy (non-hydrogen) atoms. The minimum atomic E-state index is -3.61. The van der Waals surface area contributed by atoms with Crippen LogP contribution in [0.15, 0.2) is 39.2 Å². The maximum atomic E-state index is 11.8. The van der Waals surface area contributed by atoms with E-state index < -0.39 is 10.0 Å². The molecule has 0 saturated heterocycles. The van der Waals surface area contributed by atoms with Crippen molar-refractivity contribution in [3.05, 3.63) is 40.3 Å². The van der Waals surface area contributed by atoms with Crippen molar-refractivity contribution in [1.82, 2.24) is 4.31 Å². The second-order valence-electron chi connectivity index (χ2n) is 4.42. The van der Waals surface area contributed by atoms with E-state index in [1.807, 2.05) is 17.5 Å². The first-order valence-electron chi connectivity index (χ1n) is 6.09. The Balaban J connectivity index is 1.93. The van der Waals surface area contributed by atoms with Gasteiger partial charge in [0.1, 0.15) is 12.4 Å². The number of thiophene rings is 1. The van der Waals surface area contributed by atoms with Gasteiger partial charge in [0.05, 0.1) is 6.42 Å². The molecule has 0 atom stereocenters. The molecule has 0 aliphatic rings. The van der Waals surface area contributed by atoms with Crippen molar-refractivity contribution in [2.24, 2.45) is 0 Å². The molecule has 0 saturated carbocycles. The maximum Gasteiger partial charge on any atom is 0.311 e. The van der Waals surface area contributed by atoms with Gasteiger partial charge in [-0.3, -0.25) is 4.79 Å².